The van der Waals surface area contributed by atoms with E-state index in [9.17, 15) is 18.4 Å². The first kappa shape index (κ1) is 28.7. The van der Waals surface area contributed by atoms with Gasteiger partial charge in [0.25, 0.3) is 0 Å². The Hall–Kier alpha value is -3.28. The molecule has 1 heterocycles. The van der Waals surface area contributed by atoms with Gasteiger partial charge in [0, 0.05) is 34.7 Å². The van der Waals surface area contributed by atoms with Crippen LogP contribution in [0.15, 0.2) is 60.0 Å². The molecule has 3 aromatic rings. The van der Waals surface area contributed by atoms with Gasteiger partial charge in [-0.05, 0) is 42.5 Å². The van der Waals surface area contributed by atoms with E-state index < -0.39 is 29.4 Å². The summed E-state index contributed by atoms with van der Waals surface area (Å²) in [6, 6.07) is 15.2. The Kier molecular flexibility index (Phi) is 10.5. The number of aromatic nitrogens is 1. The van der Waals surface area contributed by atoms with Crippen LogP contribution in [0, 0.1) is 0 Å². The van der Waals surface area contributed by atoms with Gasteiger partial charge in [0.1, 0.15) is 11.0 Å². The number of thiazole rings is 1. The maximum Gasteiger partial charge on any atom is 0.407 e. The van der Waals surface area contributed by atoms with Crippen molar-refractivity contribution in [3.63, 3.8) is 0 Å². The number of hydrogen-bond acceptors (Lipinski definition) is 7. The predicted octanol–water partition coefficient (Wildman–Crippen LogP) is 4.76. The second-order valence-electron chi connectivity index (χ2n) is 9.62. The molecule has 0 spiro atoms. The molecule has 0 aliphatic heterocycles. The number of ether oxygens (including phenoxy) is 1. The first-order valence-electron chi connectivity index (χ1n) is 13.0. The van der Waals surface area contributed by atoms with Crippen LogP contribution in [0.3, 0.4) is 0 Å². The van der Waals surface area contributed by atoms with Gasteiger partial charge in [0.15, 0.2) is 0 Å². The molecule has 208 valence electrons. The van der Waals surface area contributed by atoms with Crippen molar-refractivity contribution in [3.05, 3.63) is 81.8 Å². The Morgan fingerprint density at radius 2 is 1.72 bits per heavy atom. The first-order chi connectivity index (χ1) is 18.9. The van der Waals surface area contributed by atoms with Crippen molar-refractivity contribution in [2.75, 3.05) is 11.8 Å². The van der Waals surface area contributed by atoms with Crippen molar-refractivity contribution in [1.29, 1.82) is 0 Å². The molecule has 1 saturated carbocycles. The smallest absolute Gasteiger partial charge is 0.407 e. The van der Waals surface area contributed by atoms with Gasteiger partial charge in [-0.15, -0.1) is 11.3 Å². The Morgan fingerprint density at radius 1 is 1.03 bits per heavy atom. The largest absolute Gasteiger partial charge is 0.755 e. The second kappa shape index (κ2) is 14.2. The molecule has 0 bridgehead atoms. The van der Waals surface area contributed by atoms with E-state index in [0.717, 1.165) is 34.7 Å². The van der Waals surface area contributed by atoms with Crippen molar-refractivity contribution in [2.24, 2.45) is 0 Å². The van der Waals surface area contributed by atoms with E-state index in [1.165, 1.54) is 37.7 Å². The predicted molar refractivity (Wildman–Crippen MR) is 151 cm³/mol. The number of methoxy groups -OCH3 is 1. The first-order valence-corrected chi connectivity index (χ1v) is 15.0. The summed E-state index contributed by atoms with van der Waals surface area (Å²) in [5.74, 6) is 0.0916. The number of nitrogens with zero attached hydrogens (tertiary/aromatic N) is 1. The highest BCUT2D eigenvalue weighted by molar-refractivity contribution is 7.80. The number of nitrogens with one attached hydrogen (secondary N) is 3. The molecule has 3 N–H and O–H groups in total. The molecule has 1 aliphatic carbocycles. The summed E-state index contributed by atoms with van der Waals surface area (Å²) >= 11 is -0.883. The molecular formula is C28H33N4O5S2-. The minimum atomic E-state index is -2.41. The number of alkyl carbamates (subject to hydrolysis) is 1. The SMILES string of the molecule is COC(=O)N[C@@H](Cc1ccccc1)C(=O)N[C@@H](Cc1ccc(NS(=O)[O-])cc1)c1nc(C2CCCCC2)cs1. The molecule has 1 fully saturated rings. The van der Waals surface area contributed by atoms with Crippen LogP contribution in [0.5, 0.6) is 0 Å². The van der Waals surface area contributed by atoms with Crippen LogP contribution in [-0.2, 0) is 33.6 Å². The summed E-state index contributed by atoms with van der Waals surface area (Å²) in [6.07, 6.45) is 5.96. The number of anilines is 1. The minimum absolute atomic E-state index is 0.298. The van der Waals surface area contributed by atoms with Gasteiger partial charge in [-0.2, -0.15) is 0 Å². The molecule has 9 nitrogen and oxygen atoms in total. The average Bonchev–Trinajstić information content (AvgIpc) is 3.44. The highest BCUT2D eigenvalue weighted by Gasteiger charge is 2.27. The molecule has 1 unspecified atom stereocenters. The molecule has 11 heteroatoms. The maximum absolute atomic E-state index is 13.6. The molecule has 3 atom stereocenters. The number of amides is 2. The highest BCUT2D eigenvalue weighted by atomic mass is 32.2. The lowest BCUT2D eigenvalue weighted by Crippen LogP contribution is -2.49. The zero-order valence-corrected chi connectivity index (χ0v) is 23.4. The van der Waals surface area contributed by atoms with Crippen molar-refractivity contribution in [1.82, 2.24) is 15.6 Å². The Balaban J connectivity index is 1.56. The van der Waals surface area contributed by atoms with E-state index in [4.69, 9.17) is 9.72 Å². The third-order valence-electron chi connectivity index (χ3n) is 6.85. The zero-order valence-electron chi connectivity index (χ0n) is 21.8. The third kappa shape index (κ3) is 8.61. The van der Waals surface area contributed by atoms with E-state index in [-0.39, 0.29) is 5.91 Å². The molecule has 0 radical (unpaired) electrons. The van der Waals surface area contributed by atoms with Crippen LogP contribution in [-0.4, -0.2) is 38.9 Å². The lowest BCUT2D eigenvalue weighted by molar-refractivity contribution is -0.123. The number of carbonyl (C=O) groups excluding carboxylic acids is 2. The van der Waals surface area contributed by atoms with E-state index in [2.05, 4.69) is 20.7 Å². The Morgan fingerprint density at radius 3 is 2.38 bits per heavy atom. The van der Waals surface area contributed by atoms with E-state index >= 15 is 0 Å². The number of hydrogen-bond donors (Lipinski definition) is 3. The quantitative estimate of drug-likeness (QED) is 0.285. The summed E-state index contributed by atoms with van der Waals surface area (Å²) in [4.78, 5) is 30.6. The normalized spacial score (nSPS) is 16.1. The standard InChI is InChI=1S/C28H34N4O5S2/c1-37-28(34)31-23(16-19-8-4-2-5-9-19)26(33)29-24(17-20-12-14-22(15-13-20)32-39(35)36)27-30-25(18-38-27)21-10-6-3-7-11-21/h2,4-5,8-9,12-15,18,21,23-24,32H,3,6-7,10-11,16-17H2,1H3,(H,29,33)(H,31,34)(H,35,36)/p-1/t23-,24-/m0/s1. The summed E-state index contributed by atoms with van der Waals surface area (Å²) in [5, 5.41) is 8.67. The van der Waals surface area contributed by atoms with Crippen LogP contribution in [0.4, 0.5) is 10.5 Å². The number of carbonyl (C=O) groups is 2. The molecule has 39 heavy (non-hydrogen) atoms. The topological polar surface area (TPSA) is 132 Å². The fourth-order valence-corrected chi connectivity index (χ4v) is 6.10. The third-order valence-corrected chi connectivity index (χ3v) is 8.23. The van der Waals surface area contributed by atoms with Crippen LogP contribution in [0.25, 0.3) is 0 Å². The van der Waals surface area contributed by atoms with Crippen LogP contribution < -0.4 is 15.4 Å². The summed E-state index contributed by atoms with van der Waals surface area (Å²) < 4.78 is 29.0. The molecule has 1 aliphatic rings. The second-order valence-corrected chi connectivity index (χ2v) is 11.2. The highest BCUT2D eigenvalue weighted by Crippen LogP contribution is 2.34. The van der Waals surface area contributed by atoms with Gasteiger partial charge in [-0.3, -0.25) is 9.00 Å². The summed E-state index contributed by atoms with van der Waals surface area (Å²) in [7, 11) is 1.26. The van der Waals surface area contributed by atoms with Crippen LogP contribution in [0.1, 0.15) is 65.9 Å². The summed E-state index contributed by atoms with van der Waals surface area (Å²) in [6.45, 7) is 0. The van der Waals surface area contributed by atoms with Crippen LogP contribution in [0.2, 0.25) is 0 Å². The fraction of sp³-hybridized carbons (Fsp3) is 0.393. The van der Waals surface area contributed by atoms with Gasteiger partial charge in [0.2, 0.25) is 5.91 Å². The monoisotopic (exact) mass is 569 g/mol. The van der Waals surface area contributed by atoms with Crippen molar-refractivity contribution < 1.29 is 23.1 Å². The van der Waals surface area contributed by atoms with E-state index in [1.54, 1.807) is 12.1 Å². The van der Waals surface area contributed by atoms with Gasteiger partial charge in [0.05, 0.1) is 18.8 Å². The van der Waals surface area contributed by atoms with Gasteiger partial charge in [-0.1, -0.05) is 61.7 Å². The molecule has 2 aromatic carbocycles. The minimum Gasteiger partial charge on any atom is -0.755 e. The molecular weight excluding hydrogens is 536 g/mol. The average molecular weight is 570 g/mol. The van der Waals surface area contributed by atoms with Crippen molar-refractivity contribution >= 4 is 40.3 Å². The molecule has 0 saturated heterocycles. The molecule has 1 aromatic heterocycles. The molecule has 2 amide bonds. The maximum atomic E-state index is 13.6. The number of benzene rings is 2. The zero-order chi connectivity index (χ0) is 27.6. The molecule has 4 rings (SSSR count). The lowest BCUT2D eigenvalue weighted by atomic mass is 9.87. The lowest BCUT2D eigenvalue weighted by Gasteiger charge is -2.23. The number of rotatable bonds is 11. The van der Waals surface area contributed by atoms with Gasteiger partial charge < -0.3 is 24.6 Å². The fourth-order valence-electron chi connectivity index (χ4n) is 4.82. The van der Waals surface area contributed by atoms with Crippen LogP contribution >= 0.6 is 11.3 Å². The van der Waals surface area contributed by atoms with Crippen molar-refractivity contribution in [2.45, 2.75) is 62.9 Å². The van der Waals surface area contributed by atoms with Gasteiger partial charge in [-0.25, -0.2) is 9.78 Å². The van der Waals surface area contributed by atoms with Gasteiger partial charge >= 0.3 is 6.09 Å². The Bertz CT molecular complexity index is 1250. The van der Waals surface area contributed by atoms with Crippen molar-refractivity contribution in [3.8, 4) is 0 Å². The Labute approximate surface area is 235 Å². The summed E-state index contributed by atoms with van der Waals surface area (Å²) in [5.41, 5.74) is 3.32. The van der Waals surface area contributed by atoms with E-state index in [0.29, 0.717) is 24.4 Å². The van der Waals surface area contributed by atoms with E-state index in [1.807, 2.05) is 42.5 Å².